The molecule has 5 nitrogen and oxygen atoms in total. The third-order valence-electron chi connectivity index (χ3n) is 5.19. The second-order valence-electron chi connectivity index (χ2n) is 7.41. The summed E-state index contributed by atoms with van der Waals surface area (Å²) in [7, 11) is 1.80. The van der Waals surface area contributed by atoms with E-state index in [9.17, 15) is 0 Å². The quantitative estimate of drug-likeness (QED) is 0.199. The molecular weight excluding hydrogens is 471 g/mol. The molecule has 1 aromatic heterocycles. The number of rotatable bonds is 11. The van der Waals surface area contributed by atoms with Gasteiger partial charge in [0.25, 0.3) is 0 Å². The Morgan fingerprint density at radius 3 is 2.70 bits per heavy atom. The highest BCUT2D eigenvalue weighted by atomic mass is 127. The predicted molar refractivity (Wildman–Crippen MR) is 127 cm³/mol. The van der Waals surface area contributed by atoms with Crippen LogP contribution in [-0.4, -0.2) is 44.3 Å². The lowest BCUT2D eigenvalue weighted by Crippen LogP contribution is -2.39. The minimum Gasteiger partial charge on any atom is -0.385 e. The summed E-state index contributed by atoms with van der Waals surface area (Å²) in [6, 6.07) is 0. The van der Waals surface area contributed by atoms with E-state index in [0.29, 0.717) is 5.41 Å². The summed E-state index contributed by atoms with van der Waals surface area (Å²) < 4.78 is 5.33. The summed E-state index contributed by atoms with van der Waals surface area (Å²) >= 11 is 1.77. The van der Waals surface area contributed by atoms with Gasteiger partial charge in [0.2, 0.25) is 0 Å². The fourth-order valence-corrected chi connectivity index (χ4v) is 4.46. The van der Waals surface area contributed by atoms with Gasteiger partial charge in [-0.1, -0.05) is 12.8 Å². The van der Waals surface area contributed by atoms with Crippen molar-refractivity contribution in [2.75, 3.05) is 33.4 Å². The van der Waals surface area contributed by atoms with Crippen LogP contribution in [0.5, 0.6) is 0 Å². The molecule has 2 rings (SSSR count). The number of unbranched alkanes of at least 4 members (excludes halogenated alkanes) is 1. The number of halogens is 1. The SMILES string of the molecule is CCNC(=NCC1(CCOC)CCCC1)NCCCCc1nc(C)cs1.I. The molecule has 1 saturated carbocycles. The Hall–Kier alpha value is -0.410. The van der Waals surface area contributed by atoms with Gasteiger partial charge in [0.05, 0.1) is 5.01 Å². The molecule has 0 aliphatic heterocycles. The van der Waals surface area contributed by atoms with Crippen LogP contribution in [0, 0.1) is 12.3 Å². The van der Waals surface area contributed by atoms with E-state index in [-0.39, 0.29) is 24.0 Å². The van der Waals surface area contributed by atoms with Crippen molar-refractivity contribution >= 4 is 41.3 Å². The first-order valence-electron chi connectivity index (χ1n) is 10.1. The molecule has 0 amide bonds. The number of hydrogen-bond acceptors (Lipinski definition) is 4. The number of guanidine groups is 1. The first kappa shape index (κ1) is 24.6. The zero-order chi connectivity index (χ0) is 18.7. The lowest BCUT2D eigenvalue weighted by atomic mass is 9.83. The van der Waals surface area contributed by atoms with Gasteiger partial charge in [-0.15, -0.1) is 35.3 Å². The fraction of sp³-hybridized carbons (Fsp3) is 0.800. The molecule has 0 radical (unpaired) electrons. The lowest BCUT2D eigenvalue weighted by Gasteiger charge is -2.27. The number of ether oxygens (including phenoxy) is 1. The minimum atomic E-state index is 0. The van der Waals surface area contributed by atoms with E-state index >= 15 is 0 Å². The summed E-state index contributed by atoms with van der Waals surface area (Å²) in [6.45, 7) is 7.79. The number of hydrogen-bond donors (Lipinski definition) is 2. The second kappa shape index (κ2) is 13.7. The predicted octanol–water partition coefficient (Wildman–Crippen LogP) is 4.54. The normalized spacial score (nSPS) is 16.2. The lowest BCUT2D eigenvalue weighted by molar-refractivity contribution is 0.141. The van der Waals surface area contributed by atoms with E-state index in [1.165, 1.54) is 30.7 Å². The van der Waals surface area contributed by atoms with Crippen LogP contribution in [0.1, 0.15) is 62.6 Å². The topological polar surface area (TPSA) is 58.5 Å². The molecule has 2 N–H and O–H groups in total. The van der Waals surface area contributed by atoms with Crippen LogP contribution >= 0.6 is 35.3 Å². The fourth-order valence-electron chi connectivity index (χ4n) is 3.64. The Morgan fingerprint density at radius 1 is 1.30 bits per heavy atom. The largest absolute Gasteiger partial charge is 0.385 e. The maximum absolute atomic E-state index is 5.33. The molecule has 0 saturated heterocycles. The van der Waals surface area contributed by atoms with E-state index in [0.717, 1.165) is 63.6 Å². The molecular formula is C20H37IN4OS. The standard InChI is InChI=1S/C20H36N4OS.HI/c1-4-21-19(22-13-8-5-9-18-24-17(2)15-26-18)23-16-20(12-14-25-3)10-6-7-11-20;/h15H,4-14,16H2,1-3H3,(H2,21,22,23);1H. The molecule has 0 unspecified atom stereocenters. The highest BCUT2D eigenvalue weighted by Gasteiger charge is 2.33. The Bertz CT molecular complexity index is 544. The highest BCUT2D eigenvalue weighted by molar-refractivity contribution is 14.0. The van der Waals surface area contributed by atoms with E-state index in [2.05, 4.69) is 34.8 Å². The number of methoxy groups -OCH3 is 1. The summed E-state index contributed by atoms with van der Waals surface area (Å²) in [5.74, 6) is 0.960. The number of aliphatic imine (C=N–C) groups is 1. The van der Waals surface area contributed by atoms with Gasteiger partial charge >= 0.3 is 0 Å². The van der Waals surface area contributed by atoms with Gasteiger partial charge in [-0.05, 0) is 57.8 Å². The van der Waals surface area contributed by atoms with E-state index in [1.54, 1.807) is 18.4 Å². The number of nitrogens with one attached hydrogen (secondary N) is 2. The Labute approximate surface area is 186 Å². The molecule has 0 bridgehead atoms. The molecule has 1 aliphatic rings. The zero-order valence-corrected chi connectivity index (χ0v) is 20.3. The Balaban J connectivity index is 0.00000364. The first-order chi connectivity index (χ1) is 12.7. The van der Waals surface area contributed by atoms with E-state index in [1.807, 2.05) is 0 Å². The van der Waals surface area contributed by atoms with Crippen LogP contribution in [0.25, 0.3) is 0 Å². The number of aryl methyl sites for hydroxylation is 2. The minimum absolute atomic E-state index is 0. The maximum atomic E-state index is 5.33. The molecule has 0 atom stereocenters. The van der Waals surface area contributed by atoms with Gasteiger partial charge < -0.3 is 15.4 Å². The molecule has 27 heavy (non-hydrogen) atoms. The van der Waals surface area contributed by atoms with Crippen LogP contribution in [0.3, 0.4) is 0 Å². The van der Waals surface area contributed by atoms with E-state index < -0.39 is 0 Å². The molecule has 1 aromatic rings. The van der Waals surface area contributed by atoms with Gasteiger partial charge in [-0.25, -0.2) is 4.98 Å². The smallest absolute Gasteiger partial charge is 0.191 e. The van der Waals surface area contributed by atoms with Gasteiger partial charge in [0.1, 0.15) is 0 Å². The van der Waals surface area contributed by atoms with Crippen LogP contribution < -0.4 is 10.6 Å². The van der Waals surface area contributed by atoms with Gasteiger partial charge in [0, 0.05) is 44.4 Å². The maximum Gasteiger partial charge on any atom is 0.191 e. The molecule has 0 spiro atoms. The van der Waals surface area contributed by atoms with Gasteiger partial charge in [0.15, 0.2) is 5.96 Å². The molecule has 7 heteroatoms. The van der Waals surface area contributed by atoms with Crippen molar-refractivity contribution < 1.29 is 4.74 Å². The van der Waals surface area contributed by atoms with Crippen molar-refractivity contribution in [3.63, 3.8) is 0 Å². The third kappa shape index (κ3) is 9.09. The molecule has 156 valence electrons. The van der Waals surface area contributed by atoms with Crippen LogP contribution in [0.4, 0.5) is 0 Å². The summed E-state index contributed by atoms with van der Waals surface area (Å²) in [6.07, 6.45) is 9.74. The summed E-state index contributed by atoms with van der Waals surface area (Å²) in [4.78, 5) is 9.44. The van der Waals surface area contributed by atoms with Gasteiger partial charge in [-0.2, -0.15) is 0 Å². The number of thiazole rings is 1. The van der Waals surface area contributed by atoms with Crippen molar-refractivity contribution in [2.24, 2.45) is 10.4 Å². The average Bonchev–Trinajstić information content (AvgIpc) is 3.27. The number of nitrogens with zero attached hydrogens (tertiary/aromatic N) is 2. The summed E-state index contributed by atoms with van der Waals surface area (Å²) in [5, 5.41) is 10.3. The van der Waals surface area contributed by atoms with Crippen LogP contribution in [-0.2, 0) is 11.2 Å². The average molecular weight is 509 g/mol. The molecule has 1 heterocycles. The molecule has 1 fully saturated rings. The van der Waals surface area contributed by atoms with Crippen molar-refractivity contribution in [3.8, 4) is 0 Å². The van der Waals surface area contributed by atoms with E-state index in [4.69, 9.17) is 9.73 Å². The van der Waals surface area contributed by atoms with Gasteiger partial charge in [-0.3, -0.25) is 4.99 Å². The Kier molecular flexibility index (Phi) is 12.5. The van der Waals surface area contributed by atoms with Crippen molar-refractivity contribution in [1.82, 2.24) is 15.6 Å². The first-order valence-corrected chi connectivity index (χ1v) is 11.0. The molecule has 0 aromatic carbocycles. The zero-order valence-electron chi connectivity index (χ0n) is 17.2. The van der Waals surface area contributed by atoms with Crippen molar-refractivity contribution in [3.05, 3.63) is 16.1 Å². The monoisotopic (exact) mass is 508 g/mol. The summed E-state index contributed by atoms with van der Waals surface area (Å²) in [5.41, 5.74) is 1.49. The van der Waals surface area contributed by atoms with Crippen molar-refractivity contribution in [2.45, 2.75) is 65.2 Å². The van der Waals surface area contributed by atoms with Crippen molar-refractivity contribution in [1.29, 1.82) is 0 Å². The highest BCUT2D eigenvalue weighted by Crippen LogP contribution is 2.41. The number of aromatic nitrogens is 1. The van der Waals surface area contributed by atoms with Crippen LogP contribution in [0.15, 0.2) is 10.4 Å². The van der Waals surface area contributed by atoms with Crippen LogP contribution in [0.2, 0.25) is 0 Å². The molecule has 1 aliphatic carbocycles. The Morgan fingerprint density at radius 2 is 2.07 bits per heavy atom. The third-order valence-corrected chi connectivity index (χ3v) is 6.22. The second-order valence-corrected chi connectivity index (χ2v) is 8.35.